The standard InChI is InChI=1S/C14H14N2O2/c15-10-4-6-11-5-1-2-7-12(11)16-13(17)8-3-9-14(16)18/h1-2,5,7H,3,8-10,15H2. The Morgan fingerprint density at radius 1 is 1.17 bits per heavy atom. The molecule has 1 aliphatic heterocycles. The van der Waals surface area contributed by atoms with Crippen LogP contribution in [0.25, 0.3) is 0 Å². The Hall–Kier alpha value is -2.12. The minimum absolute atomic E-state index is 0.159. The number of imide groups is 1. The van der Waals surface area contributed by atoms with Gasteiger partial charge >= 0.3 is 0 Å². The van der Waals surface area contributed by atoms with E-state index in [2.05, 4.69) is 11.8 Å². The summed E-state index contributed by atoms with van der Waals surface area (Å²) < 4.78 is 0. The van der Waals surface area contributed by atoms with Gasteiger partial charge in [0.15, 0.2) is 0 Å². The lowest BCUT2D eigenvalue weighted by molar-refractivity contribution is -0.129. The quantitative estimate of drug-likeness (QED) is 0.591. The van der Waals surface area contributed by atoms with Crippen molar-refractivity contribution in [2.45, 2.75) is 19.3 Å². The molecule has 1 aromatic rings. The number of piperidine rings is 1. The third kappa shape index (κ3) is 2.41. The highest BCUT2D eigenvalue weighted by Gasteiger charge is 2.28. The highest BCUT2D eigenvalue weighted by molar-refractivity contribution is 6.17. The molecule has 0 saturated carbocycles. The number of benzene rings is 1. The van der Waals surface area contributed by atoms with Gasteiger partial charge in [0.25, 0.3) is 0 Å². The van der Waals surface area contributed by atoms with E-state index < -0.39 is 0 Å². The number of para-hydroxylation sites is 1. The van der Waals surface area contributed by atoms with Crippen LogP contribution in [0.2, 0.25) is 0 Å². The third-order valence-corrected chi connectivity index (χ3v) is 2.75. The maximum atomic E-state index is 11.9. The Morgan fingerprint density at radius 3 is 2.50 bits per heavy atom. The molecule has 2 rings (SSSR count). The molecule has 1 saturated heterocycles. The van der Waals surface area contributed by atoms with Crippen LogP contribution in [-0.4, -0.2) is 18.4 Å². The molecule has 1 aromatic carbocycles. The van der Waals surface area contributed by atoms with Crippen LogP contribution in [0.3, 0.4) is 0 Å². The first-order chi connectivity index (χ1) is 8.74. The Labute approximate surface area is 106 Å². The largest absolute Gasteiger partial charge is 0.320 e. The van der Waals surface area contributed by atoms with Crippen LogP contribution in [-0.2, 0) is 9.59 Å². The summed E-state index contributed by atoms with van der Waals surface area (Å²) in [4.78, 5) is 25.0. The molecular formula is C14H14N2O2. The Bertz CT molecular complexity index is 524. The molecule has 0 spiro atoms. The predicted octanol–water partition coefficient (Wildman–Crippen LogP) is 1.04. The first-order valence-corrected chi connectivity index (χ1v) is 5.88. The number of hydrogen-bond donors (Lipinski definition) is 1. The van der Waals surface area contributed by atoms with Crippen molar-refractivity contribution >= 4 is 17.5 Å². The summed E-state index contributed by atoms with van der Waals surface area (Å²) in [7, 11) is 0. The van der Waals surface area contributed by atoms with E-state index in [1.807, 2.05) is 6.07 Å². The second kappa shape index (κ2) is 5.48. The number of amides is 2. The first kappa shape index (κ1) is 12.3. The van der Waals surface area contributed by atoms with E-state index in [9.17, 15) is 9.59 Å². The molecule has 0 unspecified atom stereocenters. The minimum atomic E-state index is -0.159. The molecule has 1 heterocycles. The number of carbonyl (C=O) groups is 2. The highest BCUT2D eigenvalue weighted by atomic mass is 16.2. The summed E-state index contributed by atoms with van der Waals surface area (Å²) in [6, 6.07) is 7.13. The summed E-state index contributed by atoms with van der Waals surface area (Å²) in [5.74, 6) is 5.31. The summed E-state index contributed by atoms with van der Waals surface area (Å²) in [5, 5.41) is 0. The highest BCUT2D eigenvalue weighted by Crippen LogP contribution is 2.25. The molecule has 0 radical (unpaired) electrons. The fourth-order valence-corrected chi connectivity index (χ4v) is 1.94. The van der Waals surface area contributed by atoms with Crippen molar-refractivity contribution in [2.75, 3.05) is 11.4 Å². The van der Waals surface area contributed by atoms with Crippen molar-refractivity contribution in [3.63, 3.8) is 0 Å². The van der Waals surface area contributed by atoms with Crippen LogP contribution in [0.1, 0.15) is 24.8 Å². The van der Waals surface area contributed by atoms with E-state index in [1.165, 1.54) is 4.90 Å². The number of rotatable bonds is 1. The van der Waals surface area contributed by atoms with E-state index in [-0.39, 0.29) is 18.4 Å². The van der Waals surface area contributed by atoms with Gasteiger partial charge in [0.1, 0.15) is 0 Å². The fraction of sp³-hybridized carbons (Fsp3) is 0.286. The van der Waals surface area contributed by atoms with Gasteiger partial charge < -0.3 is 5.73 Å². The van der Waals surface area contributed by atoms with Crippen molar-refractivity contribution in [3.8, 4) is 11.8 Å². The first-order valence-electron chi connectivity index (χ1n) is 5.88. The topological polar surface area (TPSA) is 63.4 Å². The molecule has 0 aromatic heterocycles. The molecule has 18 heavy (non-hydrogen) atoms. The molecule has 4 nitrogen and oxygen atoms in total. The summed E-state index contributed by atoms with van der Waals surface area (Å²) in [6.45, 7) is 0.246. The van der Waals surface area contributed by atoms with Gasteiger partial charge in [-0.15, -0.1) is 0 Å². The average molecular weight is 242 g/mol. The molecule has 0 atom stereocenters. The van der Waals surface area contributed by atoms with Gasteiger partial charge in [-0.2, -0.15) is 0 Å². The maximum Gasteiger partial charge on any atom is 0.233 e. The molecule has 2 amide bonds. The molecular weight excluding hydrogens is 228 g/mol. The Balaban J connectivity index is 2.43. The van der Waals surface area contributed by atoms with Crippen molar-refractivity contribution in [1.82, 2.24) is 0 Å². The zero-order valence-electron chi connectivity index (χ0n) is 9.98. The zero-order valence-corrected chi connectivity index (χ0v) is 9.98. The van der Waals surface area contributed by atoms with Crippen LogP contribution in [0.5, 0.6) is 0 Å². The van der Waals surface area contributed by atoms with Gasteiger partial charge in [0, 0.05) is 18.4 Å². The van der Waals surface area contributed by atoms with Crippen LogP contribution in [0, 0.1) is 11.8 Å². The molecule has 1 fully saturated rings. The van der Waals surface area contributed by atoms with Crippen LogP contribution < -0.4 is 10.6 Å². The van der Waals surface area contributed by atoms with E-state index in [0.29, 0.717) is 30.5 Å². The summed E-state index contributed by atoms with van der Waals surface area (Å²) in [5.41, 5.74) is 6.56. The van der Waals surface area contributed by atoms with Gasteiger partial charge in [0.05, 0.1) is 12.2 Å². The van der Waals surface area contributed by atoms with Crippen molar-refractivity contribution in [2.24, 2.45) is 5.73 Å². The van der Waals surface area contributed by atoms with Crippen LogP contribution in [0.4, 0.5) is 5.69 Å². The number of hydrogen-bond acceptors (Lipinski definition) is 3. The van der Waals surface area contributed by atoms with Gasteiger partial charge in [-0.25, -0.2) is 4.90 Å². The van der Waals surface area contributed by atoms with E-state index >= 15 is 0 Å². The number of nitrogens with zero attached hydrogens (tertiary/aromatic N) is 1. The third-order valence-electron chi connectivity index (χ3n) is 2.75. The minimum Gasteiger partial charge on any atom is -0.320 e. The van der Waals surface area contributed by atoms with E-state index in [0.717, 1.165) is 0 Å². The lowest BCUT2D eigenvalue weighted by Gasteiger charge is -2.25. The zero-order chi connectivity index (χ0) is 13.0. The van der Waals surface area contributed by atoms with E-state index in [4.69, 9.17) is 5.73 Å². The molecule has 2 N–H and O–H groups in total. The van der Waals surface area contributed by atoms with Crippen molar-refractivity contribution in [3.05, 3.63) is 29.8 Å². The van der Waals surface area contributed by atoms with Crippen LogP contribution >= 0.6 is 0 Å². The SMILES string of the molecule is NCC#Cc1ccccc1N1C(=O)CCCC1=O. The van der Waals surface area contributed by atoms with Gasteiger partial charge in [-0.3, -0.25) is 9.59 Å². The van der Waals surface area contributed by atoms with Crippen molar-refractivity contribution in [1.29, 1.82) is 0 Å². The van der Waals surface area contributed by atoms with Crippen LogP contribution in [0.15, 0.2) is 24.3 Å². The lowest BCUT2D eigenvalue weighted by Crippen LogP contribution is -2.40. The van der Waals surface area contributed by atoms with E-state index in [1.54, 1.807) is 18.2 Å². The average Bonchev–Trinajstić information content (AvgIpc) is 2.37. The lowest BCUT2D eigenvalue weighted by atomic mass is 10.1. The monoisotopic (exact) mass is 242 g/mol. The molecule has 92 valence electrons. The predicted molar refractivity (Wildman–Crippen MR) is 68.7 cm³/mol. The summed E-state index contributed by atoms with van der Waals surface area (Å²) in [6.07, 6.45) is 1.44. The molecule has 1 aliphatic rings. The number of anilines is 1. The number of carbonyl (C=O) groups excluding carboxylic acids is 2. The Kier molecular flexibility index (Phi) is 3.75. The second-order valence-electron chi connectivity index (χ2n) is 4.00. The van der Waals surface area contributed by atoms with Gasteiger partial charge in [-0.1, -0.05) is 24.0 Å². The molecule has 0 bridgehead atoms. The smallest absolute Gasteiger partial charge is 0.233 e. The second-order valence-corrected chi connectivity index (χ2v) is 4.00. The van der Waals surface area contributed by atoms with Crippen molar-refractivity contribution < 1.29 is 9.59 Å². The maximum absolute atomic E-state index is 11.9. The Morgan fingerprint density at radius 2 is 1.83 bits per heavy atom. The fourth-order valence-electron chi connectivity index (χ4n) is 1.94. The summed E-state index contributed by atoms with van der Waals surface area (Å²) >= 11 is 0. The van der Waals surface area contributed by atoms with Gasteiger partial charge in [0.2, 0.25) is 11.8 Å². The van der Waals surface area contributed by atoms with Gasteiger partial charge in [-0.05, 0) is 18.6 Å². The number of nitrogens with two attached hydrogens (primary N) is 1. The molecule has 0 aliphatic carbocycles. The molecule has 4 heteroatoms. The normalized spacial score (nSPS) is 15.3.